The Morgan fingerprint density at radius 2 is 1.55 bits per heavy atom. The van der Waals surface area contributed by atoms with Gasteiger partial charge in [0.1, 0.15) is 5.84 Å². The molecule has 0 aliphatic rings. The van der Waals surface area contributed by atoms with Crippen LogP contribution in [0.1, 0.15) is 22.8 Å². The van der Waals surface area contributed by atoms with E-state index in [9.17, 15) is 4.79 Å². The van der Waals surface area contributed by atoms with Gasteiger partial charge in [0, 0.05) is 19.2 Å². The Labute approximate surface area is 176 Å². The van der Waals surface area contributed by atoms with Crippen LogP contribution < -0.4 is 11.1 Å². The van der Waals surface area contributed by atoms with Crippen molar-refractivity contribution >= 4 is 24.1 Å². The third-order valence-corrected chi connectivity index (χ3v) is 4.53. The van der Waals surface area contributed by atoms with Crippen molar-refractivity contribution in [1.82, 2.24) is 5.32 Å². The molecule has 3 aromatic carbocycles. The fourth-order valence-corrected chi connectivity index (χ4v) is 2.96. The zero-order valence-electron chi connectivity index (χ0n) is 16.1. The van der Waals surface area contributed by atoms with Crippen LogP contribution in [0.25, 0.3) is 11.1 Å². The number of carbonyl (C=O) groups is 1. The molecule has 0 fully saturated rings. The Balaban J connectivity index is 0.00000300. The molecule has 0 saturated carbocycles. The molecule has 1 atom stereocenters. The normalized spacial score (nSPS) is 11.2. The van der Waals surface area contributed by atoms with Crippen LogP contribution in [0.4, 0.5) is 0 Å². The van der Waals surface area contributed by atoms with Crippen LogP contribution in [0, 0.1) is 5.41 Å². The third-order valence-electron chi connectivity index (χ3n) is 4.53. The molecule has 6 heteroatoms. The summed E-state index contributed by atoms with van der Waals surface area (Å²) < 4.78 is 5.43. The monoisotopic (exact) mass is 409 g/mol. The molecule has 150 valence electrons. The quantitative estimate of drug-likeness (QED) is 0.406. The first-order valence-electron chi connectivity index (χ1n) is 8.97. The van der Waals surface area contributed by atoms with E-state index in [-0.39, 0.29) is 24.1 Å². The van der Waals surface area contributed by atoms with Gasteiger partial charge in [-0.2, -0.15) is 0 Å². The Hall–Kier alpha value is -3.15. The van der Waals surface area contributed by atoms with Gasteiger partial charge in [-0.05, 0) is 22.3 Å². The summed E-state index contributed by atoms with van der Waals surface area (Å²) in [6.45, 7) is 0.374. The molecule has 0 saturated heterocycles. The molecule has 0 aliphatic carbocycles. The molecule has 4 N–H and O–H groups in total. The van der Waals surface area contributed by atoms with Crippen molar-refractivity contribution in [3.8, 4) is 11.1 Å². The number of methoxy groups -OCH3 is 1. The van der Waals surface area contributed by atoms with E-state index >= 15 is 0 Å². The Morgan fingerprint density at radius 1 is 0.966 bits per heavy atom. The highest BCUT2D eigenvalue weighted by molar-refractivity contribution is 5.94. The van der Waals surface area contributed by atoms with Crippen LogP contribution in [0.2, 0.25) is 0 Å². The number of ether oxygens (including phenoxy) is 1. The van der Waals surface area contributed by atoms with Gasteiger partial charge in [-0.25, -0.2) is 0 Å². The smallest absolute Gasteiger partial charge is 0.254 e. The molecule has 29 heavy (non-hydrogen) atoms. The maximum absolute atomic E-state index is 12.6. The maximum atomic E-state index is 12.6. The van der Waals surface area contributed by atoms with Crippen LogP contribution in [-0.4, -0.2) is 18.9 Å². The van der Waals surface area contributed by atoms with Gasteiger partial charge in [0.15, 0.2) is 6.10 Å². The number of rotatable bonds is 7. The number of nitrogens with two attached hydrogens (primary N) is 1. The number of amidine groups is 1. The van der Waals surface area contributed by atoms with Crippen molar-refractivity contribution in [1.29, 1.82) is 5.41 Å². The first kappa shape index (κ1) is 22.1. The average Bonchev–Trinajstić information content (AvgIpc) is 2.74. The molecular formula is C23H24ClN3O2. The Kier molecular flexibility index (Phi) is 7.95. The number of amides is 1. The van der Waals surface area contributed by atoms with Gasteiger partial charge < -0.3 is 15.8 Å². The van der Waals surface area contributed by atoms with E-state index < -0.39 is 6.10 Å². The molecule has 3 aromatic rings. The molecule has 1 amide bonds. The molecule has 0 aromatic heterocycles. The molecule has 5 nitrogen and oxygen atoms in total. The largest absolute Gasteiger partial charge is 0.384 e. The molecule has 0 heterocycles. The van der Waals surface area contributed by atoms with E-state index in [0.29, 0.717) is 12.1 Å². The molecule has 3 rings (SSSR count). The molecule has 0 radical (unpaired) electrons. The molecule has 1 unspecified atom stereocenters. The van der Waals surface area contributed by atoms with Crippen molar-refractivity contribution in [2.24, 2.45) is 5.73 Å². The Morgan fingerprint density at radius 3 is 2.10 bits per heavy atom. The summed E-state index contributed by atoms with van der Waals surface area (Å²) in [6.07, 6.45) is -0.679. The SMILES string of the molecule is COC(C(=O)NCc1ccc(C(=N)N)cc1)c1ccc(-c2ccccc2)cc1.Cl. The van der Waals surface area contributed by atoms with E-state index in [1.165, 1.54) is 7.11 Å². The highest BCUT2D eigenvalue weighted by Crippen LogP contribution is 2.23. The molecule has 0 aliphatic heterocycles. The van der Waals surface area contributed by atoms with Gasteiger partial charge in [-0.1, -0.05) is 78.9 Å². The van der Waals surface area contributed by atoms with Gasteiger partial charge in [-0.15, -0.1) is 12.4 Å². The highest BCUT2D eigenvalue weighted by Gasteiger charge is 2.19. The summed E-state index contributed by atoms with van der Waals surface area (Å²) in [6, 6.07) is 25.1. The van der Waals surface area contributed by atoms with Crippen LogP contribution in [0.15, 0.2) is 78.9 Å². The number of hydrogen-bond acceptors (Lipinski definition) is 3. The first-order chi connectivity index (χ1) is 13.6. The number of nitrogen functional groups attached to an aromatic ring is 1. The lowest BCUT2D eigenvalue weighted by atomic mass is 10.0. The minimum absolute atomic E-state index is 0. The second-order valence-corrected chi connectivity index (χ2v) is 6.43. The van der Waals surface area contributed by atoms with Crippen LogP contribution >= 0.6 is 12.4 Å². The van der Waals surface area contributed by atoms with Crippen LogP contribution in [-0.2, 0) is 16.1 Å². The predicted molar refractivity (Wildman–Crippen MR) is 118 cm³/mol. The average molecular weight is 410 g/mol. The van der Waals surface area contributed by atoms with E-state index in [1.54, 1.807) is 12.1 Å². The second kappa shape index (κ2) is 10.4. The van der Waals surface area contributed by atoms with Crippen molar-refractivity contribution in [3.05, 3.63) is 95.6 Å². The zero-order valence-corrected chi connectivity index (χ0v) is 16.9. The molecule has 0 spiro atoms. The van der Waals surface area contributed by atoms with Gasteiger partial charge in [-0.3, -0.25) is 10.2 Å². The lowest BCUT2D eigenvalue weighted by molar-refractivity contribution is -0.131. The summed E-state index contributed by atoms with van der Waals surface area (Å²) in [7, 11) is 1.52. The summed E-state index contributed by atoms with van der Waals surface area (Å²) in [5.41, 5.74) is 10.0. The predicted octanol–water partition coefficient (Wildman–Crippen LogP) is 4.06. The lowest BCUT2D eigenvalue weighted by Crippen LogP contribution is -2.30. The lowest BCUT2D eigenvalue weighted by Gasteiger charge is -2.16. The topological polar surface area (TPSA) is 88.2 Å². The van der Waals surface area contributed by atoms with E-state index in [4.69, 9.17) is 15.9 Å². The molecule has 0 bridgehead atoms. The van der Waals surface area contributed by atoms with Crippen LogP contribution in [0.5, 0.6) is 0 Å². The van der Waals surface area contributed by atoms with Gasteiger partial charge >= 0.3 is 0 Å². The van der Waals surface area contributed by atoms with Gasteiger partial charge in [0.2, 0.25) is 0 Å². The van der Waals surface area contributed by atoms with Crippen molar-refractivity contribution in [2.45, 2.75) is 12.6 Å². The number of benzene rings is 3. The number of carbonyl (C=O) groups excluding carboxylic acids is 1. The number of nitrogens with one attached hydrogen (secondary N) is 2. The third kappa shape index (κ3) is 5.67. The fourth-order valence-electron chi connectivity index (χ4n) is 2.96. The van der Waals surface area contributed by atoms with E-state index in [1.807, 2.05) is 66.7 Å². The van der Waals surface area contributed by atoms with Gasteiger partial charge in [0.05, 0.1) is 0 Å². The number of hydrogen-bond donors (Lipinski definition) is 3. The van der Waals surface area contributed by atoms with Gasteiger partial charge in [0.25, 0.3) is 5.91 Å². The van der Waals surface area contributed by atoms with Crippen molar-refractivity contribution in [3.63, 3.8) is 0 Å². The Bertz CT molecular complexity index is 942. The second-order valence-electron chi connectivity index (χ2n) is 6.43. The first-order valence-corrected chi connectivity index (χ1v) is 8.97. The maximum Gasteiger partial charge on any atom is 0.254 e. The highest BCUT2D eigenvalue weighted by atomic mass is 35.5. The fraction of sp³-hybridized carbons (Fsp3) is 0.130. The van der Waals surface area contributed by atoms with Crippen molar-refractivity contribution in [2.75, 3.05) is 7.11 Å². The summed E-state index contributed by atoms with van der Waals surface area (Å²) in [4.78, 5) is 12.6. The van der Waals surface area contributed by atoms with E-state index in [0.717, 1.165) is 22.3 Å². The summed E-state index contributed by atoms with van der Waals surface area (Å²) in [5.74, 6) is -0.181. The van der Waals surface area contributed by atoms with Crippen molar-refractivity contribution < 1.29 is 9.53 Å². The zero-order chi connectivity index (χ0) is 19.9. The number of halogens is 1. The minimum Gasteiger partial charge on any atom is -0.384 e. The minimum atomic E-state index is -0.679. The van der Waals surface area contributed by atoms with Crippen LogP contribution in [0.3, 0.4) is 0 Å². The molecular weight excluding hydrogens is 386 g/mol. The standard InChI is InChI=1S/C23H23N3O2.ClH/c1-28-21(19-13-11-18(12-14-19)17-5-3-2-4-6-17)23(27)26-15-16-7-9-20(10-8-16)22(24)25;/h2-14,21H,15H2,1H3,(H3,24,25)(H,26,27);1H. The summed E-state index contributed by atoms with van der Waals surface area (Å²) in [5, 5.41) is 10.3. The summed E-state index contributed by atoms with van der Waals surface area (Å²) >= 11 is 0. The van der Waals surface area contributed by atoms with E-state index in [2.05, 4.69) is 5.32 Å².